The van der Waals surface area contributed by atoms with Gasteiger partial charge in [0.2, 0.25) is 0 Å². The molecule has 1 heteroatoms. The molecule has 1 nitrogen and oxygen atoms in total. The third-order valence-corrected chi connectivity index (χ3v) is 1.66. The second-order valence-corrected chi connectivity index (χ2v) is 2.72. The molecule has 0 radical (unpaired) electrons. The van der Waals surface area contributed by atoms with Crippen LogP contribution in [0.4, 0.5) is 0 Å². The van der Waals surface area contributed by atoms with E-state index in [0.717, 1.165) is 5.70 Å². The summed E-state index contributed by atoms with van der Waals surface area (Å²) in [6.45, 7) is 4.18. The van der Waals surface area contributed by atoms with Crippen molar-refractivity contribution in [2.75, 3.05) is 0 Å². The number of rotatable bonds is 0. The fourth-order valence-electron chi connectivity index (χ4n) is 1.01. The number of nitrogens with two attached hydrogens (primary N) is 1. The maximum absolute atomic E-state index is 5.68. The molecule has 0 bridgehead atoms. The third kappa shape index (κ3) is 1.50. The van der Waals surface area contributed by atoms with Crippen LogP contribution in [0, 0.1) is 5.92 Å². The van der Waals surface area contributed by atoms with Gasteiger partial charge in [-0.2, -0.15) is 0 Å². The Bertz CT molecular complexity index is 209. The summed E-state index contributed by atoms with van der Waals surface area (Å²) < 4.78 is 0. The first-order valence-corrected chi connectivity index (χ1v) is 3.53. The van der Waals surface area contributed by atoms with Gasteiger partial charge in [0, 0.05) is 5.70 Å². The first-order valence-electron chi connectivity index (χ1n) is 3.53. The van der Waals surface area contributed by atoms with Crippen LogP contribution in [0.5, 0.6) is 0 Å². The van der Waals surface area contributed by atoms with Crippen molar-refractivity contribution in [3.8, 4) is 0 Å². The molecule has 2 N–H and O–H groups in total. The Morgan fingerprint density at radius 1 is 1.50 bits per heavy atom. The van der Waals surface area contributed by atoms with Gasteiger partial charge in [0.15, 0.2) is 0 Å². The highest BCUT2D eigenvalue weighted by Crippen LogP contribution is 2.12. The largest absolute Gasteiger partial charge is 0.399 e. The van der Waals surface area contributed by atoms with Crippen molar-refractivity contribution in [1.82, 2.24) is 0 Å². The highest BCUT2D eigenvalue weighted by molar-refractivity contribution is 5.33. The minimum atomic E-state index is 0.511. The van der Waals surface area contributed by atoms with E-state index in [0.29, 0.717) is 5.92 Å². The van der Waals surface area contributed by atoms with Crippen LogP contribution < -0.4 is 5.73 Å². The van der Waals surface area contributed by atoms with E-state index in [1.54, 1.807) is 0 Å². The number of hydrogen-bond acceptors (Lipinski definition) is 1. The van der Waals surface area contributed by atoms with Crippen molar-refractivity contribution < 1.29 is 0 Å². The Balaban J connectivity index is 2.90. The normalized spacial score (nSPS) is 25.2. The van der Waals surface area contributed by atoms with E-state index in [1.165, 1.54) is 5.57 Å². The molecule has 54 valence electrons. The minimum Gasteiger partial charge on any atom is -0.399 e. The van der Waals surface area contributed by atoms with Crippen LogP contribution in [0.25, 0.3) is 0 Å². The Labute approximate surface area is 61.9 Å². The fraction of sp³-hybridized carbons (Fsp3) is 0.333. The van der Waals surface area contributed by atoms with Crippen molar-refractivity contribution in [3.05, 3.63) is 35.6 Å². The van der Waals surface area contributed by atoms with Crippen LogP contribution in [-0.2, 0) is 0 Å². The minimum absolute atomic E-state index is 0.511. The molecule has 1 rings (SSSR count). The highest BCUT2D eigenvalue weighted by Gasteiger charge is 1.98. The van der Waals surface area contributed by atoms with Gasteiger partial charge in [-0.25, -0.2) is 0 Å². The van der Waals surface area contributed by atoms with E-state index in [4.69, 9.17) is 5.73 Å². The van der Waals surface area contributed by atoms with E-state index >= 15 is 0 Å². The van der Waals surface area contributed by atoms with Crippen molar-refractivity contribution in [3.63, 3.8) is 0 Å². The fourth-order valence-corrected chi connectivity index (χ4v) is 1.01. The van der Waals surface area contributed by atoms with Gasteiger partial charge in [-0.3, -0.25) is 0 Å². The average Bonchev–Trinajstić information content (AvgIpc) is 1.96. The number of hydrogen-bond donors (Lipinski definition) is 1. The third-order valence-electron chi connectivity index (χ3n) is 1.66. The van der Waals surface area contributed by atoms with Gasteiger partial charge < -0.3 is 5.73 Å². The Morgan fingerprint density at radius 3 is 2.90 bits per heavy atom. The summed E-state index contributed by atoms with van der Waals surface area (Å²) in [7, 11) is 0. The van der Waals surface area contributed by atoms with E-state index in [2.05, 4.69) is 19.1 Å². The van der Waals surface area contributed by atoms with Gasteiger partial charge in [-0.1, -0.05) is 25.2 Å². The van der Waals surface area contributed by atoms with Gasteiger partial charge in [0.05, 0.1) is 0 Å². The second kappa shape index (κ2) is 2.74. The van der Waals surface area contributed by atoms with Gasteiger partial charge in [-0.05, 0) is 24.5 Å². The Kier molecular flexibility index (Phi) is 1.95. The summed E-state index contributed by atoms with van der Waals surface area (Å²) in [6.07, 6.45) is 8.24. The van der Waals surface area contributed by atoms with Crippen LogP contribution >= 0.6 is 0 Å². The molecule has 0 aromatic heterocycles. The average molecular weight is 135 g/mol. The molecule has 1 atom stereocenters. The zero-order valence-corrected chi connectivity index (χ0v) is 6.46. The summed E-state index contributed by atoms with van der Waals surface area (Å²) >= 11 is 0. The maximum atomic E-state index is 5.68. The highest BCUT2D eigenvalue weighted by atomic mass is 14.6. The summed E-state index contributed by atoms with van der Waals surface area (Å²) in [5.41, 5.74) is 7.74. The maximum Gasteiger partial charge on any atom is 0.0340 e. The van der Waals surface area contributed by atoms with E-state index < -0.39 is 0 Å². The van der Waals surface area contributed by atoms with Crippen molar-refractivity contribution in [1.29, 1.82) is 0 Å². The van der Waals surface area contributed by atoms with E-state index in [1.807, 2.05) is 19.1 Å². The molecule has 0 saturated heterocycles. The lowest BCUT2D eigenvalue weighted by molar-refractivity contribution is 0.930. The van der Waals surface area contributed by atoms with Crippen molar-refractivity contribution in [2.45, 2.75) is 13.8 Å². The molecular formula is C9H13N. The van der Waals surface area contributed by atoms with Gasteiger partial charge in [-0.15, -0.1) is 0 Å². The lowest BCUT2D eigenvalue weighted by Crippen LogP contribution is -1.97. The Morgan fingerprint density at radius 2 is 2.20 bits per heavy atom. The van der Waals surface area contributed by atoms with Crippen LogP contribution in [-0.4, -0.2) is 0 Å². The molecule has 10 heavy (non-hydrogen) atoms. The molecule has 0 aliphatic heterocycles. The molecule has 1 unspecified atom stereocenters. The standard InChI is InChI=1S/C9H13N/c1-7-4-3-5-9(10)8(2)6-7/h3-7H,10H2,1-2H3. The predicted octanol–water partition coefficient (Wildman–Crippen LogP) is 1.98. The molecule has 0 heterocycles. The van der Waals surface area contributed by atoms with Gasteiger partial charge in [0.1, 0.15) is 0 Å². The van der Waals surface area contributed by atoms with Crippen LogP contribution in [0.15, 0.2) is 35.6 Å². The number of allylic oxidation sites excluding steroid dienone is 5. The molecule has 1 aliphatic rings. The van der Waals surface area contributed by atoms with Crippen molar-refractivity contribution in [2.24, 2.45) is 11.7 Å². The van der Waals surface area contributed by atoms with Crippen LogP contribution in [0.1, 0.15) is 13.8 Å². The molecule has 0 saturated carbocycles. The predicted molar refractivity (Wildman–Crippen MR) is 44.3 cm³/mol. The lowest BCUT2D eigenvalue weighted by Gasteiger charge is -1.99. The van der Waals surface area contributed by atoms with Crippen LogP contribution in [0.3, 0.4) is 0 Å². The van der Waals surface area contributed by atoms with Gasteiger partial charge in [0.25, 0.3) is 0 Å². The molecule has 0 fully saturated rings. The monoisotopic (exact) mass is 135 g/mol. The molecule has 1 aliphatic carbocycles. The smallest absolute Gasteiger partial charge is 0.0340 e. The summed E-state index contributed by atoms with van der Waals surface area (Å²) in [5, 5.41) is 0. The quantitative estimate of drug-likeness (QED) is 0.540. The first-order chi connectivity index (χ1) is 4.70. The lowest BCUT2D eigenvalue weighted by atomic mass is 10.1. The zero-order chi connectivity index (χ0) is 7.56. The topological polar surface area (TPSA) is 26.0 Å². The molecule has 0 aromatic carbocycles. The second-order valence-electron chi connectivity index (χ2n) is 2.72. The molecule has 0 aromatic rings. The zero-order valence-electron chi connectivity index (χ0n) is 6.46. The summed E-state index contributed by atoms with van der Waals surface area (Å²) in [4.78, 5) is 0. The molecular weight excluding hydrogens is 122 g/mol. The molecule has 0 amide bonds. The Hall–Kier alpha value is -0.980. The van der Waals surface area contributed by atoms with E-state index in [-0.39, 0.29) is 0 Å². The van der Waals surface area contributed by atoms with Crippen LogP contribution in [0.2, 0.25) is 0 Å². The van der Waals surface area contributed by atoms with E-state index in [9.17, 15) is 0 Å². The summed E-state index contributed by atoms with van der Waals surface area (Å²) in [6, 6.07) is 0. The van der Waals surface area contributed by atoms with Crippen molar-refractivity contribution >= 4 is 0 Å². The molecule has 0 spiro atoms. The first kappa shape index (κ1) is 7.13. The SMILES string of the molecule is CC1=CC(C)C=CC=C1N. The van der Waals surface area contributed by atoms with Gasteiger partial charge >= 0.3 is 0 Å². The summed E-state index contributed by atoms with van der Waals surface area (Å²) in [5.74, 6) is 0.511.